The van der Waals surface area contributed by atoms with Gasteiger partial charge >= 0.3 is 18.2 Å². The van der Waals surface area contributed by atoms with Crippen LogP contribution in [0.4, 0.5) is 35.0 Å². The first-order valence-electron chi connectivity index (χ1n) is 11.4. The number of hydrogen-bond donors (Lipinski definition) is 3. The van der Waals surface area contributed by atoms with E-state index in [1.54, 1.807) is 31.2 Å². The van der Waals surface area contributed by atoms with Crippen LogP contribution < -0.4 is 16.0 Å². The summed E-state index contributed by atoms with van der Waals surface area (Å²) in [7, 11) is 0. The molecule has 194 valence electrons. The predicted molar refractivity (Wildman–Crippen MR) is 129 cm³/mol. The van der Waals surface area contributed by atoms with Gasteiger partial charge in [-0.1, -0.05) is 6.07 Å². The van der Waals surface area contributed by atoms with E-state index in [2.05, 4.69) is 16.0 Å². The van der Waals surface area contributed by atoms with Gasteiger partial charge in [0.15, 0.2) is 0 Å². The SMILES string of the molecule is CCOC(=O)CN1CCN(CC(=O)Nc2ccc(NC(=O)Nc3cccc(C(F)(F)F)c3)cc2)CC1. The van der Waals surface area contributed by atoms with Crippen LogP contribution >= 0.6 is 0 Å². The number of rotatable bonds is 8. The van der Waals surface area contributed by atoms with Gasteiger partial charge < -0.3 is 20.7 Å². The monoisotopic (exact) mass is 507 g/mol. The number of hydrogen-bond acceptors (Lipinski definition) is 6. The van der Waals surface area contributed by atoms with Crippen LogP contribution in [-0.4, -0.2) is 73.6 Å². The summed E-state index contributed by atoms with van der Waals surface area (Å²) in [5.74, 6) is -0.452. The molecule has 2 aromatic carbocycles. The topological polar surface area (TPSA) is 103 Å². The molecule has 0 aliphatic carbocycles. The zero-order valence-corrected chi connectivity index (χ0v) is 19.7. The van der Waals surface area contributed by atoms with Gasteiger partial charge in [0, 0.05) is 43.2 Å². The maximum absolute atomic E-state index is 12.8. The minimum absolute atomic E-state index is 0.00735. The minimum Gasteiger partial charge on any atom is -0.465 e. The highest BCUT2D eigenvalue weighted by molar-refractivity contribution is 6.00. The summed E-state index contributed by atoms with van der Waals surface area (Å²) in [5, 5.41) is 7.68. The number of benzene rings is 2. The maximum atomic E-state index is 12.8. The normalized spacial score (nSPS) is 14.7. The zero-order chi connectivity index (χ0) is 26.1. The highest BCUT2D eigenvalue weighted by atomic mass is 19.4. The van der Waals surface area contributed by atoms with Crippen molar-refractivity contribution in [3.05, 3.63) is 54.1 Å². The number of halogens is 3. The Morgan fingerprint density at radius 1 is 0.833 bits per heavy atom. The van der Waals surface area contributed by atoms with Crippen molar-refractivity contribution in [1.82, 2.24) is 9.80 Å². The lowest BCUT2D eigenvalue weighted by atomic mass is 10.2. The molecule has 3 N–H and O–H groups in total. The number of urea groups is 1. The summed E-state index contributed by atoms with van der Waals surface area (Å²) in [5.41, 5.74) is 0.0758. The summed E-state index contributed by atoms with van der Waals surface area (Å²) in [6.45, 7) is 5.18. The Hall–Kier alpha value is -3.64. The first-order valence-corrected chi connectivity index (χ1v) is 11.4. The minimum atomic E-state index is -4.51. The molecule has 1 fully saturated rings. The molecule has 2 aromatic rings. The van der Waals surface area contributed by atoms with Crippen LogP contribution in [0.5, 0.6) is 0 Å². The number of carbonyl (C=O) groups excluding carboxylic acids is 3. The molecule has 12 heteroatoms. The van der Waals surface area contributed by atoms with Crippen molar-refractivity contribution in [3.8, 4) is 0 Å². The van der Waals surface area contributed by atoms with Crippen LogP contribution in [0.1, 0.15) is 12.5 Å². The van der Waals surface area contributed by atoms with Gasteiger partial charge in [0.2, 0.25) is 5.91 Å². The van der Waals surface area contributed by atoms with Crippen molar-refractivity contribution in [2.24, 2.45) is 0 Å². The molecule has 0 radical (unpaired) electrons. The molecule has 1 saturated heterocycles. The van der Waals surface area contributed by atoms with Crippen molar-refractivity contribution >= 4 is 35.0 Å². The Morgan fingerprint density at radius 2 is 1.39 bits per heavy atom. The van der Waals surface area contributed by atoms with E-state index in [1.165, 1.54) is 12.1 Å². The number of esters is 1. The molecule has 9 nitrogen and oxygen atoms in total. The van der Waals surface area contributed by atoms with E-state index in [0.717, 1.165) is 12.1 Å². The fraction of sp³-hybridized carbons (Fsp3) is 0.375. The number of alkyl halides is 3. The lowest BCUT2D eigenvalue weighted by molar-refractivity contribution is -0.145. The van der Waals surface area contributed by atoms with Crippen LogP contribution in [0, 0.1) is 0 Å². The molecule has 0 unspecified atom stereocenters. The molecule has 0 saturated carbocycles. The Balaban J connectivity index is 1.42. The number of piperazine rings is 1. The number of nitrogens with one attached hydrogen (secondary N) is 3. The fourth-order valence-electron chi connectivity index (χ4n) is 3.60. The molecule has 0 spiro atoms. The van der Waals surface area contributed by atoms with Gasteiger partial charge in [-0.2, -0.15) is 13.2 Å². The first kappa shape index (κ1) is 27.0. The zero-order valence-electron chi connectivity index (χ0n) is 19.7. The molecule has 1 heterocycles. The van der Waals surface area contributed by atoms with Crippen molar-refractivity contribution in [1.29, 1.82) is 0 Å². The van der Waals surface area contributed by atoms with Crippen LogP contribution in [0.25, 0.3) is 0 Å². The molecular formula is C24H28F3N5O4. The highest BCUT2D eigenvalue weighted by Gasteiger charge is 2.30. The lowest BCUT2D eigenvalue weighted by Gasteiger charge is -2.33. The summed E-state index contributed by atoms with van der Waals surface area (Å²) < 4.78 is 43.4. The van der Waals surface area contributed by atoms with Crippen LogP contribution in [0.3, 0.4) is 0 Å². The summed E-state index contributed by atoms with van der Waals surface area (Å²) in [6.07, 6.45) is -4.51. The molecular weight excluding hydrogens is 479 g/mol. The number of amides is 3. The Kier molecular flexibility index (Phi) is 9.25. The van der Waals surface area contributed by atoms with Gasteiger partial charge in [-0.15, -0.1) is 0 Å². The Bertz CT molecular complexity index is 1050. The van der Waals surface area contributed by atoms with E-state index >= 15 is 0 Å². The number of anilines is 3. The third-order valence-electron chi connectivity index (χ3n) is 5.36. The third-order valence-corrected chi connectivity index (χ3v) is 5.36. The average Bonchev–Trinajstić information content (AvgIpc) is 2.81. The molecule has 0 bridgehead atoms. The van der Waals surface area contributed by atoms with E-state index < -0.39 is 17.8 Å². The number of nitrogens with zero attached hydrogens (tertiary/aromatic N) is 2. The first-order chi connectivity index (χ1) is 17.1. The van der Waals surface area contributed by atoms with E-state index in [0.29, 0.717) is 44.2 Å². The third kappa shape index (κ3) is 8.54. The fourth-order valence-corrected chi connectivity index (χ4v) is 3.60. The van der Waals surface area contributed by atoms with Gasteiger partial charge in [0.1, 0.15) is 0 Å². The highest BCUT2D eigenvalue weighted by Crippen LogP contribution is 2.30. The van der Waals surface area contributed by atoms with Crippen LogP contribution in [0.2, 0.25) is 0 Å². The van der Waals surface area contributed by atoms with Gasteiger partial charge in [0.05, 0.1) is 25.3 Å². The largest absolute Gasteiger partial charge is 0.465 e. The second-order valence-corrected chi connectivity index (χ2v) is 8.14. The van der Waals surface area contributed by atoms with Gasteiger partial charge in [0.25, 0.3) is 0 Å². The number of ether oxygens (including phenoxy) is 1. The maximum Gasteiger partial charge on any atom is 0.416 e. The smallest absolute Gasteiger partial charge is 0.416 e. The molecule has 1 aliphatic rings. The van der Waals surface area contributed by atoms with Crippen LogP contribution in [-0.2, 0) is 20.5 Å². The predicted octanol–water partition coefficient (Wildman–Crippen LogP) is 3.47. The summed E-state index contributed by atoms with van der Waals surface area (Å²) >= 11 is 0. The second kappa shape index (κ2) is 12.4. The van der Waals surface area contributed by atoms with Crippen molar-refractivity contribution in [2.45, 2.75) is 13.1 Å². The molecule has 0 aromatic heterocycles. The molecule has 0 atom stereocenters. The van der Waals surface area contributed by atoms with Gasteiger partial charge in [-0.05, 0) is 49.4 Å². The average molecular weight is 508 g/mol. The van der Waals surface area contributed by atoms with Crippen molar-refractivity contribution in [2.75, 3.05) is 61.8 Å². The quantitative estimate of drug-likeness (QED) is 0.473. The summed E-state index contributed by atoms with van der Waals surface area (Å²) in [6, 6.07) is 9.97. The van der Waals surface area contributed by atoms with E-state index in [4.69, 9.17) is 4.74 Å². The molecule has 3 amide bonds. The second-order valence-electron chi connectivity index (χ2n) is 8.14. The van der Waals surface area contributed by atoms with E-state index in [1.807, 2.05) is 9.80 Å². The van der Waals surface area contributed by atoms with Crippen LogP contribution in [0.15, 0.2) is 48.5 Å². The van der Waals surface area contributed by atoms with E-state index in [-0.39, 0.29) is 30.7 Å². The lowest BCUT2D eigenvalue weighted by Crippen LogP contribution is -2.49. The van der Waals surface area contributed by atoms with Gasteiger partial charge in [-0.3, -0.25) is 19.4 Å². The van der Waals surface area contributed by atoms with E-state index in [9.17, 15) is 27.6 Å². The molecule has 1 aliphatic heterocycles. The van der Waals surface area contributed by atoms with Crippen molar-refractivity contribution in [3.63, 3.8) is 0 Å². The van der Waals surface area contributed by atoms with Crippen molar-refractivity contribution < 1.29 is 32.3 Å². The Morgan fingerprint density at radius 3 is 1.97 bits per heavy atom. The summed E-state index contributed by atoms with van der Waals surface area (Å²) in [4.78, 5) is 40.1. The molecule has 3 rings (SSSR count). The Labute approximate surface area is 206 Å². The van der Waals surface area contributed by atoms with Gasteiger partial charge in [-0.25, -0.2) is 4.79 Å². The molecule has 36 heavy (non-hydrogen) atoms. The number of carbonyl (C=O) groups is 3. The standard InChI is InChI=1S/C24H28F3N5O4/c1-2-36-22(34)16-32-12-10-31(11-13-32)15-21(33)28-18-6-8-19(9-7-18)29-23(35)30-20-5-3-4-17(14-20)24(25,26)27/h3-9,14H,2,10-13,15-16H2,1H3,(H,28,33)(H2,29,30,35).